The van der Waals surface area contributed by atoms with Gasteiger partial charge >= 0.3 is 0 Å². The van der Waals surface area contributed by atoms with E-state index < -0.39 is 0 Å². The summed E-state index contributed by atoms with van der Waals surface area (Å²) in [4.78, 5) is 20.3. The van der Waals surface area contributed by atoms with E-state index in [1.165, 1.54) is 6.33 Å². The van der Waals surface area contributed by atoms with Crippen molar-refractivity contribution in [3.05, 3.63) is 20.3 Å². The molecule has 2 rings (SSSR count). The largest absolute Gasteiger partial charge is 0.394 e. The van der Waals surface area contributed by atoms with Crippen LogP contribution in [0, 0.1) is 9.49 Å². The van der Waals surface area contributed by atoms with Crippen molar-refractivity contribution >= 4 is 28.4 Å². The number of hydrogen-bond acceptors (Lipinski definition) is 4. The van der Waals surface area contributed by atoms with Crippen LogP contribution >= 0.6 is 22.6 Å². The monoisotopic (exact) mass is 335 g/mol. The number of aliphatic hydroxyl groups is 1. The van der Waals surface area contributed by atoms with Crippen molar-refractivity contribution in [3.63, 3.8) is 0 Å². The molecular formula is C10H14IN3O2. The van der Waals surface area contributed by atoms with E-state index in [9.17, 15) is 9.90 Å². The third-order valence-corrected chi connectivity index (χ3v) is 4.09. The minimum atomic E-state index is -0.123. The van der Waals surface area contributed by atoms with Gasteiger partial charge in [-0.2, -0.15) is 0 Å². The molecule has 0 aliphatic carbocycles. The SMILES string of the molecule is CC1CCN(c2nc[nH]c(=O)c2I)C1CO. The summed E-state index contributed by atoms with van der Waals surface area (Å²) in [5.41, 5.74) is -0.123. The van der Waals surface area contributed by atoms with E-state index in [1.54, 1.807) is 0 Å². The summed E-state index contributed by atoms with van der Waals surface area (Å²) < 4.78 is 0.590. The van der Waals surface area contributed by atoms with Gasteiger partial charge in [-0.25, -0.2) is 4.98 Å². The molecule has 2 heterocycles. The van der Waals surface area contributed by atoms with Crippen molar-refractivity contribution in [3.8, 4) is 0 Å². The van der Waals surface area contributed by atoms with E-state index in [2.05, 4.69) is 16.9 Å². The van der Waals surface area contributed by atoms with E-state index in [0.717, 1.165) is 13.0 Å². The summed E-state index contributed by atoms with van der Waals surface area (Å²) in [5.74, 6) is 1.12. The lowest BCUT2D eigenvalue weighted by Gasteiger charge is -2.26. The lowest BCUT2D eigenvalue weighted by atomic mass is 10.0. The Balaban J connectivity index is 2.37. The van der Waals surface area contributed by atoms with E-state index in [4.69, 9.17) is 0 Å². The molecule has 1 saturated heterocycles. The molecule has 1 aliphatic heterocycles. The zero-order valence-corrected chi connectivity index (χ0v) is 11.1. The summed E-state index contributed by atoms with van der Waals surface area (Å²) in [6.07, 6.45) is 2.44. The zero-order chi connectivity index (χ0) is 11.7. The minimum Gasteiger partial charge on any atom is -0.394 e. The first-order chi connectivity index (χ1) is 7.65. The quantitative estimate of drug-likeness (QED) is 0.776. The average Bonchev–Trinajstić information content (AvgIpc) is 2.63. The van der Waals surface area contributed by atoms with Crippen molar-refractivity contribution in [2.24, 2.45) is 5.92 Å². The van der Waals surface area contributed by atoms with Gasteiger partial charge in [0.15, 0.2) is 0 Å². The van der Waals surface area contributed by atoms with E-state index in [-0.39, 0.29) is 18.2 Å². The van der Waals surface area contributed by atoms with Gasteiger partial charge in [-0.3, -0.25) is 4.79 Å². The Morgan fingerprint density at radius 1 is 1.75 bits per heavy atom. The molecule has 0 spiro atoms. The molecule has 0 radical (unpaired) electrons. The Bertz CT molecular complexity index is 434. The van der Waals surface area contributed by atoms with Gasteiger partial charge in [0.2, 0.25) is 0 Å². The molecule has 0 aromatic carbocycles. The Morgan fingerprint density at radius 3 is 3.19 bits per heavy atom. The second-order valence-electron chi connectivity index (χ2n) is 4.08. The molecule has 88 valence electrons. The summed E-state index contributed by atoms with van der Waals surface area (Å²) >= 11 is 2.00. The molecule has 2 atom stereocenters. The molecule has 1 aliphatic rings. The molecular weight excluding hydrogens is 321 g/mol. The van der Waals surface area contributed by atoms with Gasteiger partial charge in [0.25, 0.3) is 5.56 Å². The molecule has 6 heteroatoms. The maximum absolute atomic E-state index is 11.5. The number of hydrogen-bond donors (Lipinski definition) is 2. The van der Waals surface area contributed by atoms with E-state index in [1.807, 2.05) is 27.5 Å². The first-order valence-electron chi connectivity index (χ1n) is 5.26. The van der Waals surface area contributed by atoms with Crippen LogP contribution in [0.4, 0.5) is 5.82 Å². The maximum atomic E-state index is 11.5. The highest BCUT2D eigenvalue weighted by Gasteiger charge is 2.32. The Morgan fingerprint density at radius 2 is 2.50 bits per heavy atom. The van der Waals surface area contributed by atoms with Gasteiger partial charge < -0.3 is 15.0 Å². The molecule has 2 unspecified atom stereocenters. The van der Waals surface area contributed by atoms with E-state index in [0.29, 0.717) is 15.3 Å². The molecule has 2 N–H and O–H groups in total. The molecule has 1 aromatic heterocycles. The fraction of sp³-hybridized carbons (Fsp3) is 0.600. The van der Waals surface area contributed by atoms with Crippen molar-refractivity contribution in [2.75, 3.05) is 18.1 Å². The number of nitrogens with one attached hydrogen (secondary N) is 1. The van der Waals surface area contributed by atoms with Crippen LogP contribution < -0.4 is 10.5 Å². The molecule has 0 bridgehead atoms. The van der Waals surface area contributed by atoms with Gasteiger partial charge in [0, 0.05) is 6.54 Å². The molecule has 0 saturated carbocycles. The Labute approximate surface area is 107 Å². The number of nitrogens with zero attached hydrogens (tertiary/aromatic N) is 2. The molecule has 5 nitrogen and oxygen atoms in total. The normalized spacial score (nSPS) is 25.1. The lowest BCUT2D eigenvalue weighted by molar-refractivity contribution is 0.244. The summed E-state index contributed by atoms with van der Waals surface area (Å²) in [6, 6.07) is 0.0721. The number of halogens is 1. The van der Waals surface area contributed by atoms with Crippen LogP contribution in [0.3, 0.4) is 0 Å². The first kappa shape index (κ1) is 11.8. The van der Waals surface area contributed by atoms with E-state index >= 15 is 0 Å². The van der Waals surface area contributed by atoms with Crippen LogP contribution in [0.2, 0.25) is 0 Å². The summed E-state index contributed by atoms with van der Waals surface area (Å²) in [7, 11) is 0. The number of aromatic amines is 1. The fourth-order valence-corrected chi connectivity index (χ4v) is 2.73. The predicted molar refractivity (Wildman–Crippen MR) is 69.6 cm³/mol. The number of rotatable bonds is 2. The first-order valence-corrected chi connectivity index (χ1v) is 6.33. The highest BCUT2D eigenvalue weighted by molar-refractivity contribution is 14.1. The van der Waals surface area contributed by atoms with Crippen molar-refractivity contribution in [2.45, 2.75) is 19.4 Å². The van der Waals surface area contributed by atoms with Crippen LogP contribution in [0.15, 0.2) is 11.1 Å². The van der Waals surface area contributed by atoms with Crippen molar-refractivity contribution < 1.29 is 5.11 Å². The number of aromatic nitrogens is 2. The smallest absolute Gasteiger partial charge is 0.266 e. The van der Waals surface area contributed by atoms with Crippen LogP contribution in [-0.2, 0) is 0 Å². The molecule has 1 aromatic rings. The molecule has 16 heavy (non-hydrogen) atoms. The average molecular weight is 335 g/mol. The maximum Gasteiger partial charge on any atom is 0.266 e. The van der Waals surface area contributed by atoms with Gasteiger partial charge in [-0.1, -0.05) is 6.92 Å². The zero-order valence-electron chi connectivity index (χ0n) is 8.98. The summed E-state index contributed by atoms with van der Waals surface area (Å²) in [5, 5.41) is 9.37. The highest BCUT2D eigenvalue weighted by Crippen LogP contribution is 2.29. The predicted octanol–water partition coefficient (Wildman–Crippen LogP) is 0.582. The second-order valence-corrected chi connectivity index (χ2v) is 5.16. The number of H-pyrrole nitrogens is 1. The third kappa shape index (κ3) is 1.95. The topological polar surface area (TPSA) is 69.2 Å². The van der Waals surface area contributed by atoms with Crippen LogP contribution in [-0.4, -0.2) is 34.3 Å². The number of anilines is 1. The van der Waals surface area contributed by atoms with Gasteiger partial charge in [0.05, 0.1) is 19.0 Å². The molecule has 1 fully saturated rings. The van der Waals surface area contributed by atoms with Crippen molar-refractivity contribution in [1.82, 2.24) is 9.97 Å². The second kappa shape index (κ2) is 4.70. The number of aliphatic hydroxyl groups excluding tert-OH is 1. The standard InChI is InChI=1S/C10H14IN3O2/c1-6-2-3-14(7(6)4-15)9-8(11)10(16)13-5-12-9/h5-7,15H,2-4H2,1H3,(H,12,13,16). The fourth-order valence-electron chi connectivity index (χ4n) is 2.12. The summed E-state index contributed by atoms with van der Waals surface area (Å²) in [6.45, 7) is 3.06. The third-order valence-electron chi connectivity index (χ3n) is 3.12. The Kier molecular flexibility index (Phi) is 3.48. The van der Waals surface area contributed by atoms with Gasteiger partial charge in [-0.15, -0.1) is 0 Å². The Hall–Kier alpha value is -0.630. The molecule has 0 amide bonds. The highest BCUT2D eigenvalue weighted by atomic mass is 127. The van der Waals surface area contributed by atoms with Crippen LogP contribution in [0.5, 0.6) is 0 Å². The van der Waals surface area contributed by atoms with Gasteiger partial charge in [0.1, 0.15) is 9.39 Å². The minimum absolute atomic E-state index is 0.0721. The lowest BCUT2D eigenvalue weighted by Crippen LogP contribution is -2.37. The van der Waals surface area contributed by atoms with Crippen LogP contribution in [0.25, 0.3) is 0 Å². The van der Waals surface area contributed by atoms with Gasteiger partial charge in [-0.05, 0) is 34.9 Å². The van der Waals surface area contributed by atoms with Crippen molar-refractivity contribution in [1.29, 1.82) is 0 Å². The van der Waals surface area contributed by atoms with Crippen LogP contribution in [0.1, 0.15) is 13.3 Å².